The summed E-state index contributed by atoms with van der Waals surface area (Å²) in [6.45, 7) is 0. The third-order valence-corrected chi connectivity index (χ3v) is 0.513. The summed E-state index contributed by atoms with van der Waals surface area (Å²) >= 11 is 0. The van der Waals surface area contributed by atoms with Gasteiger partial charge in [0.2, 0.25) is 0 Å². The van der Waals surface area contributed by atoms with Gasteiger partial charge in [0.25, 0.3) is 5.91 Å². The average molecular weight is 129 g/mol. The van der Waals surface area contributed by atoms with E-state index in [-0.39, 0.29) is 0 Å². The van der Waals surface area contributed by atoms with Crippen molar-refractivity contribution >= 4 is 11.9 Å². The topological polar surface area (TPSA) is 95.2 Å². The Morgan fingerprint density at radius 1 is 1.44 bits per heavy atom. The van der Waals surface area contributed by atoms with Crippen LogP contribution in [0.5, 0.6) is 0 Å². The molecular weight excluding hydrogens is 124 g/mol. The zero-order valence-electron chi connectivity index (χ0n) is 4.46. The fourth-order valence-electron chi connectivity index (χ4n) is 0.192. The first-order valence-electron chi connectivity index (χ1n) is 2.06. The van der Waals surface area contributed by atoms with Crippen molar-refractivity contribution in [1.82, 2.24) is 5.43 Å². The van der Waals surface area contributed by atoms with Gasteiger partial charge < -0.3 is 9.90 Å². The van der Waals surface area contributed by atoms with Crippen molar-refractivity contribution in [3.63, 3.8) is 0 Å². The molecule has 0 atom stereocenters. The molecule has 0 aromatic rings. The predicted molar refractivity (Wildman–Crippen MR) is 26.5 cm³/mol. The molecule has 5 nitrogen and oxygen atoms in total. The van der Waals surface area contributed by atoms with Crippen LogP contribution < -0.4 is 16.4 Å². The molecule has 0 saturated carbocycles. The van der Waals surface area contributed by atoms with Crippen molar-refractivity contribution in [2.24, 2.45) is 5.84 Å². The third kappa shape index (κ3) is 4.49. The van der Waals surface area contributed by atoms with Gasteiger partial charge in [-0.3, -0.25) is 10.2 Å². The number of nitrogens with two attached hydrogens (primary N) is 1. The maximum absolute atomic E-state index is 10.1. The SMILES string of the molecule is NNC(=O)/C=C\C(=O)[O-]. The van der Waals surface area contributed by atoms with Crippen LogP contribution in [0.3, 0.4) is 0 Å². The number of hydrazine groups is 1. The van der Waals surface area contributed by atoms with Crippen molar-refractivity contribution in [2.75, 3.05) is 0 Å². The Morgan fingerprint density at radius 2 is 2.00 bits per heavy atom. The molecule has 0 fully saturated rings. The van der Waals surface area contributed by atoms with Crippen LogP contribution in [0.25, 0.3) is 0 Å². The second-order valence-electron chi connectivity index (χ2n) is 1.16. The summed E-state index contributed by atoms with van der Waals surface area (Å²) in [5, 5.41) is 9.60. The fourth-order valence-corrected chi connectivity index (χ4v) is 0.192. The molecular formula is C4H5N2O3-. The molecule has 0 aliphatic heterocycles. The molecule has 0 aliphatic carbocycles. The molecule has 5 heteroatoms. The van der Waals surface area contributed by atoms with Crippen molar-refractivity contribution in [3.05, 3.63) is 12.2 Å². The molecule has 50 valence electrons. The summed E-state index contributed by atoms with van der Waals surface area (Å²) < 4.78 is 0. The van der Waals surface area contributed by atoms with E-state index >= 15 is 0 Å². The van der Waals surface area contributed by atoms with Gasteiger partial charge in [0.05, 0.1) is 5.97 Å². The molecule has 0 rings (SSSR count). The molecule has 0 aromatic carbocycles. The van der Waals surface area contributed by atoms with Gasteiger partial charge in [-0.05, 0) is 6.08 Å². The number of hydrogen-bond donors (Lipinski definition) is 2. The monoisotopic (exact) mass is 129 g/mol. The van der Waals surface area contributed by atoms with Crippen LogP contribution in [0.1, 0.15) is 0 Å². The van der Waals surface area contributed by atoms with E-state index in [9.17, 15) is 14.7 Å². The quantitative estimate of drug-likeness (QED) is 0.183. The zero-order valence-corrected chi connectivity index (χ0v) is 4.46. The van der Waals surface area contributed by atoms with Crippen LogP contribution in [0.2, 0.25) is 0 Å². The summed E-state index contributed by atoms with van der Waals surface area (Å²) in [6, 6.07) is 0. The molecule has 9 heavy (non-hydrogen) atoms. The minimum atomic E-state index is -1.43. The lowest BCUT2D eigenvalue weighted by Crippen LogP contribution is -2.29. The number of carboxylic acid groups (broad SMARTS) is 1. The Bertz CT molecular complexity index is 152. The summed E-state index contributed by atoms with van der Waals surface area (Å²) in [6.07, 6.45) is 1.34. The number of aliphatic carboxylic acids is 1. The van der Waals surface area contributed by atoms with Gasteiger partial charge in [0.1, 0.15) is 0 Å². The number of carboxylic acids is 1. The van der Waals surface area contributed by atoms with E-state index in [1.54, 1.807) is 5.43 Å². The van der Waals surface area contributed by atoms with Gasteiger partial charge >= 0.3 is 0 Å². The van der Waals surface area contributed by atoms with E-state index in [0.29, 0.717) is 6.08 Å². The summed E-state index contributed by atoms with van der Waals surface area (Å²) in [7, 11) is 0. The molecule has 0 radical (unpaired) electrons. The molecule has 0 aliphatic rings. The highest BCUT2D eigenvalue weighted by atomic mass is 16.4. The van der Waals surface area contributed by atoms with E-state index in [2.05, 4.69) is 5.84 Å². The molecule has 0 unspecified atom stereocenters. The Labute approximate surface area is 51.1 Å². The van der Waals surface area contributed by atoms with Gasteiger partial charge in [0.15, 0.2) is 0 Å². The largest absolute Gasteiger partial charge is 0.545 e. The maximum Gasteiger partial charge on any atom is 0.257 e. The first kappa shape index (κ1) is 7.64. The third-order valence-electron chi connectivity index (χ3n) is 0.513. The maximum atomic E-state index is 10.1. The zero-order chi connectivity index (χ0) is 7.28. The van der Waals surface area contributed by atoms with Crippen molar-refractivity contribution < 1.29 is 14.7 Å². The number of amides is 1. The van der Waals surface area contributed by atoms with Gasteiger partial charge in [-0.15, -0.1) is 0 Å². The van der Waals surface area contributed by atoms with Gasteiger partial charge in [-0.1, -0.05) is 0 Å². The molecule has 3 N–H and O–H groups in total. The molecule has 1 amide bonds. The lowest BCUT2D eigenvalue weighted by molar-refractivity contribution is -0.297. The summed E-state index contributed by atoms with van der Waals surface area (Å²) in [4.78, 5) is 19.7. The number of carbonyl (C=O) groups is 2. The van der Waals surface area contributed by atoms with E-state index in [4.69, 9.17) is 0 Å². The minimum absolute atomic E-state index is 0.586. The Balaban J connectivity index is 3.71. The first-order valence-corrected chi connectivity index (χ1v) is 2.06. The van der Waals surface area contributed by atoms with Gasteiger partial charge in [0, 0.05) is 6.08 Å². The van der Waals surface area contributed by atoms with E-state index in [0.717, 1.165) is 6.08 Å². The smallest absolute Gasteiger partial charge is 0.257 e. The second kappa shape index (κ2) is 3.62. The van der Waals surface area contributed by atoms with Crippen LogP contribution in [-0.4, -0.2) is 11.9 Å². The molecule has 0 aromatic heterocycles. The average Bonchev–Trinajstić information content (AvgIpc) is 1.83. The van der Waals surface area contributed by atoms with E-state index in [1.807, 2.05) is 0 Å². The highest BCUT2D eigenvalue weighted by molar-refractivity contribution is 5.92. The van der Waals surface area contributed by atoms with E-state index in [1.165, 1.54) is 0 Å². The summed E-state index contributed by atoms with van der Waals surface area (Å²) in [5.74, 6) is 2.48. The lowest BCUT2D eigenvalue weighted by atomic mass is 10.5. The standard InChI is InChI=1S/C4H6N2O3/c5-6-3(7)1-2-4(8)9/h1-2H,5H2,(H,6,7)(H,8,9)/p-1/b2-1-. The Hall–Kier alpha value is -1.36. The Kier molecular flexibility index (Phi) is 3.07. The number of hydrogen-bond acceptors (Lipinski definition) is 4. The summed E-state index contributed by atoms with van der Waals surface area (Å²) in [5.41, 5.74) is 1.70. The van der Waals surface area contributed by atoms with Crippen LogP contribution >= 0.6 is 0 Å². The lowest BCUT2D eigenvalue weighted by Gasteiger charge is -1.90. The van der Waals surface area contributed by atoms with Crippen molar-refractivity contribution in [3.8, 4) is 0 Å². The van der Waals surface area contributed by atoms with Crippen LogP contribution in [-0.2, 0) is 9.59 Å². The van der Waals surface area contributed by atoms with Crippen molar-refractivity contribution in [1.29, 1.82) is 0 Å². The second-order valence-corrected chi connectivity index (χ2v) is 1.16. The highest BCUT2D eigenvalue weighted by Gasteiger charge is 1.85. The predicted octanol–water partition coefficient (Wildman–Crippen LogP) is -2.72. The minimum Gasteiger partial charge on any atom is -0.545 e. The van der Waals surface area contributed by atoms with Crippen LogP contribution in [0, 0.1) is 0 Å². The van der Waals surface area contributed by atoms with Crippen LogP contribution in [0.4, 0.5) is 0 Å². The number of rotatable bonds is 2. The molecule has 0 spiro atoms. The number of nitrogens with one attached hydrogen (secondary N) is 1. The normalized spacial score (nSPS) is 9.44. The first-order chi connectivity index (χ1) is 4.16. The van der Waals surface area contributed by atoms with Gasteiger partial charge in [-0.25, -0.2) is 5.84 Å². The van der Waals surface area contributed by atoms with Crippen molar-refractivity contribution in [2.45, 2.75) is 0 Å². The van der Waals surface area contributed by atoms with Gasteiger partial charge in [-0.2, -0.15) is 0 Å². The van der Waals surface area contributed by atoms with E-state index < -0.39 is 11.9 Å². The fraction of sp³-hybridized carbons (Fsp3) is 0. The molecule has 0 heterocycles. The molecule has 0 saturated heterocycles. The van der Waals surface area contributed by atoms with Crippen LogP contribution in [0.15, 0.2) is 12.2 Å². The number of carbonyl (C=O) groups excluding carboxylic acids is 2. The molecule has 0 bridgehead atoms. The highest BCUT2D eigenvalue weighted by Crippen LogP contribution is 1.67. The Morgan fingerprint density at radius 3 is 2.33 bits per heavy atom.